The van der Waals surface area contributed by atoms with Gasteiger partial charge in [0.25, 0.3) is 0 Å². The summed E-state index contributed by atoms with van der Waals surface area (Å²) in [6.07, 6.45) is 5.26. The first-order valence-electron chi connectivity index (χ1n) is 8.68. The molecule has 144 valence electrons. The molecule has 0 saturated carbocycles. The molecular formula is C21H22N4O2S. The number of methoxy groups -OCH3 is 2. The molecule has 3 aromatic rings. The van der Waals surface area contributed by atoms with Gasteiger partial charge in [-0.05, 0) is 37.3 Å². The number of benzene rings is 1. The minimum atomic E-state index is 0.513. The van der Waals surface area contributed by atoms with Gasteiger partial charge in [0.05, 0.1) is 32.2 Å². The Kier molecular flexibility index (Phi) is 6.39. The standard InChI is InChI=1S/C21H22N4O2S/c1-5-10-23-21-25(24-15(2)16-8-11-22-12-9-16)19(14-28-21)18-13-17(26-3)6-7-20(18)27-4/h5-9,11-14H,1,10H2,2-4H3. The summed E-state index contributed by atoms with van der Waals surface area (Å²) in [5.41, 5.74) is 3.59. The van der Waals surface area contributed by atoms with Gasteiger partial charge in [-0.1, -0.05) is 6.08 Å². The number of nitrogens with zero attached hydrogens (tertiary/aromatic N) is 4. The van der Waals surface area contributed by atoms with Crippen LogP contribution in [0.5, 0.6) is 11.5 Å². The molecule has 0 amide bonds. The summed E-state index contributed by atoms with van der Waals surface area (Å²) in [6, 6.07) is 9.55. The maximum absolute atomic E-state index is 5.57. The number of hydrogen-bond donors (Lipinski definition) is 0. The molecule has 2 aromatic heterocycles. The van der Waals surface area contributed by atoms with Crippen LogP contribution in [-0.4, -0.2) is 36.1 Å². The van der Waals surface area contributed by atoms with Gasteiger partial charge >= 0.3 is 0 Å². The Balaban J connectivity index is 2.21. The van der Waals surface area contributed by atoms with E-state index in [-0.39, 0.29) is 0 Å². The van der Waals surface area contributed by atoms with Gasteiger partial charge in [0.1, 0.15) is 11.5 Å². The summed E-state index contributed by atoms with van der Waals surface area (Å²) in [6.45, 7) is 6.23. The molecule has 0 aliphatic carbocycles. The van der Waals surface area contributed by atoms with E-state index in [1.165, 1.54) is 11.3 Å². The van der Waals surface area contributed by atoms with Crippen molar-refractivity contribution in [3.8, 4) is 22.8 Å². The molecule has 0 atom stereocenters. The third kappa shape index (κ3) is 4.20. The molecule has 6 nitrogen and oxygen atoms in total. The number of pyridine rings is 1. The van der Waals surface area contributed by atoms with Gasteiger partial charge in [0.15, 0.2) is 0 Å². The summed E-state index contributed by atoms with van der Waals surface area (Å²) in [5.74, 6) is 1.48. The molecule has 0 aliphatic rings. The average molecular weight is 395 g/mol. The molecule has 1 aromatic carbocycles. The first-order valence-corrected chi connectivity index (χ1v) is 9.56. The fraction of sp³-hybridized carbons (Fsp3) is 0.190. The van der Waals surface area contributed by atoms with Crippen molar-refractivity contribution in [1.82, 2.24) is 9.66 Å². The zero-order valence-electron chi connectivity index (χ0n) is 16.1. The van der Waals surface area contributed by atoms with E-state index in [0.29, 0.717) is 6.54 Å². The van der Waals surface area contributed by atoms with E-state index in [4.69, 9.17) is 14.6 Å². The summed E-state index contributed by atoms with van der Waals surface area (Å²) >= 11 is 1.51. The Labute approximate surface area is 168 Å². The third-order valence-electron chi connectivity index (χ3n) is 4.07. The van der Waals surface area contributed by atoms with Crippen LogP contribution >= 0.6 is 11.3 Å². The fourth-order valence-corrected chi connectivity index (χ4v) is 3.48. The van der Waals surface area contributed by atoms with E-state index < -0.39 is 0 Å². The Morgan fingerprint density at radius 1 is 1.21 bits per heavy atom. The van der Waals surface area contributed by atoms with Crippen molar-refractivity contribution in [2.45, 2.75) is 6.92 Å². The van der Waals surface area contributed by atoms with Crippen LogP contribution in [-0.2, 0) is 0 Å². The second kappa shape index (κ2) is 9.14. The lowest BCUT2D eigenvalue weighted by molar-refractivity contribution is 0.404. The number of hydrogen-bond acceptors (Lipinski definition) is 6. The van der Waals surface area contributed by atoms with Crippen LogP contribution in [0.3, 0.4) is 0 Å². The largest absolute Gasteiger partial charge is 0.497 e. The third-order valence-corrected chi connectivity index (χ3v) is 4.93. The number of aromatic nitrogens is 2. The lowest BCUT2D eigenvalue weighted by Crippen LogP contribution is -2.14. The Hall–Kier alpha value is -3.19. The molecule has 0 N–H and O–H groups in total. The lowest BCUT2D eigenvalue weighted by Gasteiger charge is -2.11. The predicted octanol–water partition coefficient (Wildman–Crippen LogP) is 3.99. The lowest BCUT2D eigenvalue weighted by atomic mass is 10.1. The maximum atomic E-state index is 5.57. The molecule has 0 radical (unpaired) electrons. The minimum Gasteiger partial charge on any atom is -0.497 e. The van der Waals surface area contributed by atoms with Crippen LogP contribution in [0.2, 0.25) is 0 Å². The van der Waals surface area contributed by atoms with Crippen molar-refractivity contribution in [1.29, 1.82) is 0 Å². The average Bonchev–Trinajstić information content (AvgIpc) is 3.14. The van der Waals surface area contributed by atoms with Crippen LogP contribution in [0, 0.1) is 0 Å². The molecule has 28 heavy (non-hydrogen) atoms. The summed E-state index contributed by atoms with van der Waals surface area (Å²) in [5, 5.41) is 6.86. The maximum Gasteiger partial charge on any atom is 0.206 e. The van der Waals surface area contributed by atoms with Crippen LogP contribution in [0.25, 0.3) is 11.3 Å². The second-order valence-electron chi connectivity index (χ2n) is 5.83. The number of rotatable bonds is 7. The highest BCUT2D eigenvalue weighted by Crippen LogP contribution is 2.33. The highest BCUT2D eigenvalue weighted by Gasteiger charge is 2.14. The van der Waals surface area contributed by atoms with Crippen molar-refractivity contribution in [3.63, 3.8) is 0 Å². The Bertz CT molecular complexity index is 1050. The molecule has 0 bridgehead atoms. The first-order chi connectivity index (χ1) is 13.7. The van der Waals surface area contributed by atoms with Gasteiger partial charge in [-0.25, -0.2) is 4.68 Å². The van der Waals surface area contributed by atoms with Gasteiger partial charge in [0, 0.05) is 28.9 Å². The summed E-state index contributed by atoms with van der Waals surface area (Å²) in [7, 11) is 3.29. The van der Waals surface area contributed by atoms with Crippen molar-refractivity contribution < 1.29 is 9.47 Å². The van der Waals surface area contributed by atoms with E-state index in [2.05, 4.69) is 16.6 Å². The van der Waals surface area contributed by atoms with E-state index in [1.807, 2.05) is 47.3 Å². The molecular weight excluding hydrogens is 372 g/mol. The van der Waals surface area contributed by atoms with Gasteiger partial charge in [-0.15, -0.1) is 17.9 Å². The zero-order chi connectivity index (χ0) is 19.9. The van der Waals surface area contributed by atoms with E-state index in [9.17, 15) is 0 Å². The highest BCUT2D eigenvalue weighted by atomic mass is 32.1. The van der Waals surface area contributed by atoms with E-state index >= 15 is 0 Å². The first kappa shape index (κ1) is 19.6. The zero-order valence-corrected chi connectivity index (χ0v) is 16.9. The van der Waals surface area contributed by atoms with Gasteiger partial charge < -0.3 is 9.47 Å². The van der Waals surface area contributed by atoms with Gasteiger partial charge in [0.2, 0.25) is 4.80 Å². The molecule has 0 spiro atoms. The highest BCUT2D eigenvalue weighted by molar-refractivity contribution is 7.07. The summed E-state index contributed by atoms with van der Waals surface area (Å²) < 4.78 is 12.8. The Morgan fingerprint density at radius 2 is 2.00 bits per heavy atom. The molecule has 0 aliphatic heterocycles. The number of thiazole rings is 1. The fourth-order valence-electron chi connectivity index (χ4n) is 2.65. The topological polar surface area (TPSA) is 61.0 Å². The molecule has 0 fully saturated rings. The normalized spacial score (nSPS) is 12.1. The molecule has 7 heteroatoms. The molecule has 0 saturated heterocycles. The van der Waals surface area contributed by atoms with Gasteiger partial charge in [-0.2, -0.15) is 5.10 Å². The van der Waals surface area contributed by atoms with E-state index in [1.54, 1.807) is 32.7 Å². The van der Waals surface area contributed by atoms with E-state index in [0.717, 1.165) is 38.8 Å². The molecule has 0 unspecified atom stereocenters. The molecule has 3 rings (SSSR count). The quantitative estimate of drug-likeness (QED) is 0.450. The smallest absolute Gasteiger partial charge is 0.206 e. The predicted molar refractivity (Wildman–Crippen MR) is 113 cm³/mol. The van der Waals surface area contributed by atoms with Gasteiger partial charge in [-0.3, -0.25) is 9.98 Å². The number of ether oxygens (including phenoxy) is 2. The van der Waals surface area contributed by atoms with Crippen molar-refractivity contribution in [2.75, 3.05) is 20.8 Å². The summed E-state index contributed by atoms with van der Waals surface area (Å²) in [4.78, 5) is 9.43. The van der Waals surface area contributed by atoms with Crippen molar-refractivity contribution >= 4 is 17.0 Å². The van der Waals surface area contributed by atoms with Crippen LogP contribution in [0.1, 0.15) is 12.5 Å². The van der Waals surface area contributed by atoms with Crippen molar-refractivity contribution in [2.24, 2.45) is 10.1 Å². The SMILES string of the molecule is C=CCN=c1scc(-c2cc(OC)ccc2OC)n1N=C(C)c1ccncc1. The van der Waals surface area contributed by atoms with Crippen LogP contribution < -0.4 is 14.3 Å². The minimum absolute atomic E-state index is 0.513. The second-order valence-corrected chi connectivity index (χ2v) is 6.67. The van der Waals surface area contributed by atoms with Crippen LogP contribution in [0.15, 0.2) is 70.9 Å². The monoisotopic (exact) mass is 394 g/mol. The Morgan fingerprint density at radius 3 is 2.68 bits per heavy atom. The van der Waals surface area contributed by atoms with Crippen molar-refractivity contribution in [3.05, 3.63) is 71.1 Å². The van der Waals surface area contributed by atoms with Crippen LogP contribution in [0.4, 0.5) is 0 Å². The molecule has 2 heterocycles.